The average Bonchev–Trinajstić information content (AvgIpc) is 3.18. The lowest BCUT2D eigenvalue weighted by Gasteiger charge is -2.14. The minimum atomic E-state index is -0.225. The Labute approximate surface area is 234 Å². The minimum absolute atomic E-state index is 0.200. The maximum absolute atomic E-state index is 13.7. The predicted molar refractivity (Wildman–Crippen MR) is 158 cm³/mol. The van der Waals surface area contributed by atoms with Crippen LogP contribution in [0.15, 0.2) is 86.5 Å². The van der Waals surface area contributed by atoms with Gasteiger partial charge in [0.05, 0.1) is 17.6 Å². The Kier molecular flexibility index (Phi) is 7.69. The number of thioether (sulfide) groups is 1. The van der Waals surface area contributed by atoms with E-state index in [-0.39, 0.29) is 11.5 Å². The van der Waals surface area contributed by atoms with Gasteiger partial charge in [-0.05, 0) is 67.8 Å². The van der Waals surface area contributed by atoms with Crippen LogP contribution in [0, 0.1) is 13.8 Å². The average molecular weight is 560 g/mol. The Bertz CT molecular complexity index is 1630. The third-order valence-corrected chi connectivity index (χ3v) is 8.53. The van der Waals surface area contributed by atoms with Crippen LogP contribution in [0.3, 0.4) is 0 Å². The van der Waals surface area contributed by atoms with Gasteiger partial charge >= 0.3 is 0 Å². The van der Waals surface area contributed by atoms with Gasteiger partial charge in [-0.2, -0.15) is 0 Å². The lowest BCUT2D eigenvalue weighted by Crippen LogP contribution is -2.30. The van der Waals surface area contributed by atoms with Crippen molar-refractivity contribution in [1.82, 2.24) is 14.3 Å². The molecule has 0 unspecified atom stereocenters. The Morgan fingerprint density at radius 3 is 2.42 bits per heavy atom. The highest BCUT2D eigenvalue weighted by Gasteiger charge is 2.32. The molecule has 0 radical (unpaired) electrons. The molecule has 1 fully saturated rings. The molecular weight excluding hydrogens is 535 g/mol. The highest BCUT2D eigenvalue weighted by atomic mass is 32.2. The molecule has 2 aromatic carbocycles. The number of aromatic nitrogens is 2. The number of pyridine rings is 1. The first-order valence-electron chi connectivity index (χ1n) is 12.0. The zero-order valence-corrected chi connectivity index (χ0v) is 23.6. The first-order chi connectivity index (χ1) is 18.3. The molecular formula is C29H25N3O3S3. The third-order valence-electron chi connectivity index (χ3n) is 6.14. The second-order valence-electron chi connectivity index (χ2n) is 8.92. The summed E-state index contributed by atoms with van der Waals surface area (Å²) in [5.74, 6) is 0.584. The van der Waals surface area contributed by atoms with Crippen LogP contribution >= 0.6 is 35.7 Å². The molecule has 1 aliphatic heterocycles. The Hall–Kier alpha value is -3.40. The number of carbonyl (C=O) groups is 1. The molecule has 4 aromatic rings. The molecule has 9 heteroatoms. The third kappa shape index (κ3) is 5.55. The number of carbonyl (C=O) groups excluding carboxylic acids is 1. The van der Waals surface area contributed by atoms with E-state index in [1.807, 2.05) is 74.5 Å². The maximum Gasteiger partial charge on any atom is 0.266 e. The topological polar surface area (TPSA) is 63.9 Å². The highest BCUT2D eigenvalue weighted by molar-refractivity contribution is 8.26. The zero-order chi connectivity index (χ0) is 26.8. The maximum atomic E-state index is 13.7. The van der Waals surface area contributed by atoms with Crippen molar-refractivity contribution in [2.24, 2.45) is 0 Å². The first kappa shape index (κ1) is 26.2. The molecule has 1 amide bonds. The fourth-order valence-corrected chi connectivity index (χ4v) is 6.20. The van der Waals surface area contributed by atoms with E-state index in [1.165, 1.54) is 27.9 Å². The van der Waals surface area contributed by atoms with Crippen LogP contribution in [0.2, 0.25) is 0 Å². The molecule has 0 aliphatic carbocycles. The summed E-state index contributed by atoms with van der Waals surface area (Å²) in [6, 6.07) is 19.6. The van der Waals surface area contributed by atoms with Gasteiger partial charge in [-0.3, -0.25) is 18.9 Å². The molecule has 1 aliphatic rings. The lowest BCUT2D eigenvalue weighted by molar-refractivity contribution is -0.122. The van der Waals surface area contributed by atoms with Crippen molar-refractivity contribution in [2.75, 3.05) is 13.7 Å². The molecule has 5 rings (SSSR count). The van der Waals surface area contributed by atoms with E-state index < -0.39 is 0 Å². The zero-order valence-electron chi connectivity index (χ0n) is 21.1. The summed E-state index contributed by atoms with van der Waals surface area (Å²) in [5, 5.41) is 0.547. The van der Waals surface area contributed by atoms with Crippen LogP contribution in [0.5, 0.6) is 5.75 Å². The Morgan fingerprint density at radius 1 is 1.00 bits per heavy atom. The number of rotatable bonds is 7. The largest absolute Gasteiger partial charge is 0.497 e. The smallest absolute Gasteiger partial charge is 0.266 e. The number of fused-ring (bicyclic) bond motifs is 1. The number of hydrogen-bond acceptors (Lipinski definition) is 7. The van der Waals surface area contributed by atoms with E-state index in [9.17, 15) is 9.59 Å². The summed E-state index contributed by atoms with van der Waals surface area (Å²) in [6.07, 6.45) is 4.06. The standard InChI is InChI=1S/C29H25N3O3S3/c1-18-4-11-22(12-5-18)37-26-23(27(33)32-17-19(2)6-13-25(32)30-26)16-24-28(34)31(29(36)38-24)15-14-20-7-9-21(35-3)10-8-20/h4-13,16-17H,14-15H2,1-3H3. The lowest BCUT2D eigenvalue weighted by atomic mass is 10.1. The number of ether oxygens (including phenoxy) is 1. The van der Waals surface area contributed by atoms with Crippen LogP contribution in [-0.2, 0) is 11.2 Å². The monoisotopic (exact) mass is 559 g/mol. The van der Waals surface area contributed by atoms with E-state index in [2.05, 4.69) is 0 Å². The van der Waals surface area contributed by atoms with Gasteiger partial charge in [-0.25, -0.2) is 4.98 Å². The van der Waals surface area contributed by atoms with Gasteiger partial charge in [0.15, 0.2) is 0 Å². The summed E-state index contributed by atoms with van der Waals surface area (Å²) in [6.45, 7) is 4.40. The van der Waals surface area contributed by atoms with Gasteiger partial charge in [0.2, 0.25) is 0 Å². The summed E-state index contributed by atoms with van der Waals surface area (Å²) in [5.41, 5.74) is 3.87. The molecule has 3 heterocycles. The predicted octanol–water partition coefficient (Wildman–Crippen LogP) is 5.92. The summed E-state index contributed by atoms with van der Waals surface area (Å²) in [4.78, 5) is 34.8. The van der Waals surface area contributed by atoms with Crippen LogP contribution in [0.1, 0.15) is 22.3 Å². The van der Waals surface area contributed by atoms with Gasteiger partial charge < -0.3 is 4.74 Å². The van der Waals surface area contributed by atoms with Crippen molar-refractivity contribution in [3.8, 4) is 5.75 Å². The van der Waals surface area contributed by atoms with Gasteiger partial charge in [0.25, 0.3) is 11.5 Å². The Balaban J connectivity index is 1.48. The van der Waals surface area contributed by atoms with E-state index >= 15 is 0 Å². The van der Waals surface area contributed by atoms with Crippen molar-refractivity contribution in [2.45, 2.75) is 30.2 Å². The summed E-state index contributed by atoms with van der Waals surface area (Å²) in [7, 11) is 1.63. The van der Waals surface area contributed by atoms with Crippen LogP contribution in [0.4, 0.5) is 0 Å². The normalized spacial score (nSPS) is 14.6. The van der Waals surface area contributed by atoms with Crippen molar-refractivity contribution in [3.63, 3.8) is 0 Å². The number of thiocarbonyl (C=S) groups is 1. The van der Waals surface area contributed by atoms with Crippen molar-refractivity contribution >= 4 is 57.7 Å². The first-order valence-corrected chi connectivity index (χ1v) is 14.0. The second-order valence-corrected chi connectivity index (χ2v) is 11.7. The fraction of sp³-hybridized carbons (Fsp3) is 0.172. The molecule has 38 heavy (non-hydrogen) atoms. The number of amides is 1. The number of benzene rings is 2. The minimum Gasteiger partial charge on any atom is -0.497 e. The Morgan fingerprint density at radius 2 is 1.71 bits per heavy atom. The summed E-state index contributed by atoms with van der Waals surface area (Å²) < 4.78 is 7.23. The van der Waals surface area contributed by atoms with Gasteiger partial charge in [0.1, 0.15) is 20.7 Å². The van der Waals surface area contributed by atoms with Crippen molar-refractivity contribution in [3.05, 3.63) is 104 Å². The molecule has 0 bridgehead atoms. The van der Waals surface area contributed by atoms with E-state index in [0.717, 1.165) is 27.3 Å². The SMILES string of the molecule is COc1ccc(CCN2C(=O)C(=Cc3c(Sc4ccc(C)cc4)nc4ccc(C)cn4c3=O)SC2=S)cc1. The van der Waals surface area contributed by atoms with Gasteiger partial charge in [-0.1, -0.05) is 71.6 Å². The quantitative estimate of drug-likeness (QED) is 0.158. The number of methoxy groups -OCH3 is 1. The molecule has 0 atom stereocenters. The number of hydrogen-bond donors (Lipinski definition) is 0. The number of aryl methyl sites for hydroxylation is 2. The number of nitrogens with zero attached hydrogens (tertiary/aromatic N) is 3. The van der Waals surface area contributed by atoms with E-state index in [1.54, 1.807) is 24.3 Å². The molecule has 0 spiro atoms. The highest BCUT2D eigenvalue weighted by Crippen LogP contribution is 2.35. The fourth-order valence-electron chi connectivity index (χ4n) is 4.01. The van der Waals surface area contributed by atoms with E-state index in [4.69, 9.17) is 21.9 Å². The van der Waals surface area contributed by atoms with Gasteiger partial charge in [-0.15, -0.1) is 0 Å². The van der Waals surface area contributed by atoms with Crippen molar-refractivity contribution < 1.29 is 9.53 Å². The molecule has 6 nitrogen and oxygen atoms in total. The molecule has 0 N–H and O–H groups in total. The molecule has 0 saturated carbocycles. The molecule has 2 aromatic heterocycles. The molecule has 192 valence electrons. The second kappa shape index (κ2) is 11.1. The van der Waals surface area contributed by atoms with Crippen LogP contribution in [-0.4, -0.2) is 38.2 Å². The van der Waals surface area contributed by atoms with Crippen molar-refractivity contribution in [1.29, 1.82) is 0 Å². The van der Waals surface area contributed by atoms with Crippen LogP contribution in [0.25, 0.3) is 11.7 Å². The summed E-state index contributed by atoms with van der Waals surface area (Å²) >= 11 is 8.17. The van der Waals surface area contributed by atoms with Crippen LogP contribution < -0.4 is 10.3 Å². The van der Waals surface area contributed by atoms with Gasteiger partial charge in [0, 0.05) is 17.6 Å². The van der Waals surface area contributed by atoms with E-state index in [0.29, 0.717) is 38.4 Å². The molecule has 1 saturated heterocycles.